The van der Waals surface area contributed by atoms with Gasteiger partial charge >= 0.3 is 0 Å². The van der Waals surface area contributed by atoms with Crippen LogP contribution in [0.4, 0.5) is 5.13 Å². The van der Waals surface area contributed by atoms with E-state index in [1.54, 1.807) is 30.9 Å². The van der Waals surface area contributed by atoms with Gasteiger partial charge in [-0.2, -0.15) is 0 Å². The SMILES string of the molecule is COc1ccc(OC)c2sc(N(CCCN(C)C)C(=O)CSc3ccc(C)cc3)nc12. The van der Waals surface area contributed by atoms with Crippen molar-refractivity contribution in [2.45, 2.75) is 18.2 Å². The number of thioether (sulfide) groups is 1. The van der Waals surface area contributed by atoms with Gasteiger partial charge in [0.15, 0.2) is 5.13 Å². The van der Waals surface area contributed by atoms with Crippen LogP contribution in [-0.4, -0.2) is 62.9 Å². The maximum absolute atomic E-state index is 13.2. The Balaban J connectivity index is 1.86. The number of hydrogen-bond donors (Lipinski definition) is 0. The van der Waals surface area contributed by atoms with E-state index < -0.39 is 0 Å². The Morgan fingerprint density at radius 1 is 1.03 bits per heavy atom. The number of amides is 1. The molecule has 3 aromatic rings. The van der Waals surface area contributed by atoms with Crippen molar-refractivity contribution in [1.29, 1.82) is 0 Å². The molecule has 0 saturated heterocycles. The van der Waals surface area contributed by atoms with Gasteiger partial charge in [0.25, 0.3) is 0 Å². The van der Waals surface area contributed by atoms with Crippen LogP contribution in [0.3, 0.4) is 0 Å². The third-order valence-corrected chi connectivity index (χ3v) is 6.89. The second-order valence-corrected chi connectivity index (χ2v) is 9.47. The Morgan fingerprint density at radius 2 is 1.71 bits per heavy atom. The highest BCUT2D eigenvalue weighted by Crippen LogP contribution is 2.40. The number of aryl methyl sites for hydroxylation is 1. The van der Waals surface area contributed by atoms with E-state index in [9.17, 15) is 4.79 Å². The molecule has 0 aliphatic rings. The number of ether oxygens (including phenoxy) is 2. The molecule has 0 aliphatic carbocycles. The number of nitrogens with zero attached hydrogens (tertiary/aromatic N) is 3. The third-order valence-electron chi connectivity index (χ3n) is 4.80. The van der Waals surface area contributed by atoms with E-state index in [2.05, 4.69) is 36.1 Å². The Hall–Kier alpha value is -2.29. The van der Waals surface area contributed by atoms with Crippen LogP contribution >= 0.6 is 23.1 Å². The van der Waals surface area contributed by atoms with Crippen molar-refractivity contribution in [2.75, 3.05) is 52.1 Å². The smallest absolute Gasteiger partial charge is 0.239 e. The molecule has 166 valence electrons. The van der Waals surface area contributed by atoms with Crippen LogP contribution in [0.15, 0.2) is 41.3 Å². The van der Waals surface area contributed by atoms with Crippen LogP contribution in [0.1, 0.15) is 12.0 Å². The quantitative estimate of drug-likeness (QED) is 0.410. The first kappa shape index (κ1) is 23.4. The first-order valence-corrected chi connectivity index (χ1v) is 11.9. The summed E-state index contributed by atoms with van der Waals surface area (Å²) in [6.07, 6.45) is 0.859. The van der Waals surface area contributed by atoms with E-state index in [-0.39, 0.29) is 5.91 Å². The Labute approximate surface area is 192 Å². The summed E-state index contributed by atoms with van der Waals surface area (Å²) in [6, 6.07) is 11.9. The van der Waals surface area contributed by atoms with Crippen molar-refractivity contribution in [3.63, 3.8) is 0 Å². The summed E-state index contributed by atoms with van der Waals surface area (Å²) in [4.78, 5) is 23.0. The number of anilines is 1. The van der Waals surface area contributed by atoms with Gasteiger partial charge in [0, 0.05) is 11.4 Å². The monoisotopic (exact) mass is 459 g/mol. The highest BCUT2D eigenvalue weighted by molar-refractivity contribution is 8.00. The van der Waals surface area contributed by atoms with E-state index in [1.165, 1.54) is 16.9 Å². The molecule has 0 aliphatic heterocycles. The minimum atomic E-state index is 0.0429. The van der Waals surface area contributed by atoms with E-state index >= 15 is 0 Å². The summed E-state index contributed by atoms with van der Waals surface area (Å²) in [7, 11) is 7.33. The topological polar surface area (TPSA) is 54.9 Å². The molecule has 2 aromatic carbocycles. The number of fused-ring (bicyclic) bond motifs is 1. The molecule has 0 saturated carbocycles. The summed E-state index contributed by atoms with van der Waals surface area (Å²) in [6.45, 7) is 3.56. The minimum absolute atomic E-state index is 0.0429. The lowest BCUT2D eigenvalue weighted by Crippen LogP contribution is -2.34. The van der Waals surface area contributed by atoms with Crippen LogP contribution in [0, 0.1) is 6.92 Å². The van der Waals surface area contributed by atoms with Crippen molar-refractivity contribution in [2.24, 2.45) is 0 Å². The molecule has 3 rings (SSSR count). The molecule has 1 amide bonds. The summed E-state index contributed by atoms with van der Waals surface area (Å²) < 4.78 is 11.9. The molecule has 0 atom stereocenters. The van der Waals surface area contributed by atoms with Gasteiger partial charge in [-0.15, -0.1) is 11.8 Å². The molecule has 0 unspecified atom stereocenters. The largest absolute Gasteiger partial charge is 0.495 e. The minimum Gasteiger partial charge on any atom is -0.495 e. The van der Waals surface area contributed by atoms with Gasteiger partial charge < -0.3 is 14.4 Å². The van der Waals surface area contributed by atoms with Crippen LogP contribution in [-0.2, 0) is 4.79 Å². The predicted molar refractivity (Wildman–Crippen MR) is 130 cm³/mol. The molecular weight excluding hydrogens is 430 g/mol. The highest BCUT2D eigenvalue weighted by Gasteiger charge is 2.22. The normalized spacial score (nSPS) is 11.2. The second-order valence-electron chi connectivity index (χ2n) is 7.45. The zero-order chi connectivity index (χ0) is 22.4. The molecule has 0 spiro atoms. The Kier molecular flexibility index (Phi) is 8.17. The highest BCUT2D eigenvalue weighted by atomic mass is 32.2. The van der Waals surface area contributed by atoms with E-state index in [0.717, 1.165) is 33.8 Å². The van der Waals surface area contributed by atoms with Crippen LogP contribution in [0.5, 0.6) is 11.5 Å². The number of rotatable bonds is 10. The molecule has 8 heteroatoms. The first-order valence-electron chi connectivity index (χ1n) is 10.1. The molecule has 6 nitrogen and oxygen atoms in total. The van der Waals surface area contributed by atoms with E-state index in [1.807, 2.05) is 26.2 Å². The Morgan fingerprint density at radius 3 is 2.35 bits per heavy atom. The van der Waals surface area contributed by atoms with Crippen molar-refractivity contribution < 1.29 is 14.3 Å². The van der Waals surface area contributed by atoms with E-state index in [4.69, 9.17) is 14.5 Å². The fourth-order valence-corrected chi connectivity index (χ4v) is 5.01. The first-order chi connectivity index (χ1) is 14.9. The standard InChI is InChI=1S/C23H29N3O3S2/c1-16-7-9-17(10-8-16)30-15-20(27)26(14-6-13-25(2)3)23-24-21-18(28-4)11-12-19(29-5)22(21)31-23/h7-12H,6,13-15H2,1-5H3. The zero-order valence-electron chi connectivity index (χ0n) is 18.7. The van der Waals surface area contributed by atoms with E-state index in [0.29, 0.717) is 23.2 Å². The maximum Gasteiger partial charge on any atom is 0.239 e. The van der Waals surface area contributed by atoms with Crippen LogP contribution in [0.2, 0.25) is 0 Å². The average molecular weight is 460 g/mol. The summed E-state index contributed by atoms with van der Waals surface area (Å²) in [5.41, 5.74) is 1.93. The number of methoxy groups -OCH3 is 2. The average Bonchev–Trinajstić information content (AvgIpc) is 3.20. The Bertz CT molecular complexity index is 978. The fraction of sp³-hybridized carbons (Fsp3) is 0.391. The number of benzene rings is 2. The number of aromatic nitrogens is 1. The van der Waals surface area contributed by atoms with Gasteiger partial charge in [-0.25, -0.2) is 4.98 Å². The lowest BCUT2D eigenvalue weighted by atomic mass is 10.2. The summed E-state index contributed by atoms with van der Waals surface area (Å²) in [5.74, 6) is 1.80. The van der Waals surface area contributed by atoms with Crippen LogP contribution < -0.4 is 14.4 Å². The maximum atomic E-state index is 13.2. The zero-order valence-corrected chi connectivity index (χ0v) is 20.3. The number of thiazole rings is 1. The fourth-order valence-electron chi connectivity index (χ4n) is 3.12. The lowest BCUT2D eigenvalue weighted by molar-refractivity contribution is -0.116. The van der Waals surface area contributed by atoms with Gasteiger partial charge in [-0.1, -0.05) is 29.0 Å². The molecule has 1 heterocycles. The van der Waals surface area contributed by atoms with Crippen molar-refractivity contribution >= 4 is 44.4 Å². The van der Waals surface area contributed by atoms with Gasteiger partial charge in [0.05, 0.1) is 20.0 Å². The molecule has 0 N–H and O–H groups in total. The number of carbonyl (C=O) groups excluding carboxylic acids is 1. The molecular formula is C23H29N3O3S2. The molecule has 1 aromatic heterocycles. The van der Waals surface area contributed by atoms with Gasteiger partial charge in [-0.3, -0.25) is 9.69 Å². The molecule has 31 heavy (non-hydrogen) atoms. The van der Waals surface area contributed by atoms with Crippen molar-refractivity contribution in [3.8, 4) is 11.5 Å². The van der Waals surface area contributed by atoms with Crippen molar-refractivity contribution in [1.82, 2.24) is 9.88 Å². The summed E-state index contributed by atoms with van der Waals surface area (Å²) in [5, 5.41) is 0.672. The second kappa shape index (κ2) is 10.8. The van der Waals surface area contributed by atoms with Crippen LogP contribution in [0.25, 0.3) is 10.2 Å². The molecule has 0 fully saturated rings. The molecule has 0 bridgehead atoms. The van der Waals surface area contributed by atoms with Crippen molar-refractivity contribution in [3.05, 3.63) is 42.0 Å². The summed E-state index contributed by atoms with van der Waals surface area (Å²) >= 11 is 3.01. The number of hydrogen-bond acceptors (Lipinski definition) is 7. The molecule has 0 radical (unpaired) electrons. The van der Waals surface area contributed by atoms with Gasteiger partial charge in [-0.05, 0) is 58.3 Å². The third kappa shape index (κ3) is 5.90. The predicted octanol–water partition coefficient (Wildman–Crippen LogP) is 4.70. The van der Waals surface area contributed by atoms with Gasteiger partial charge in [0.2, 0.25) is 5.91 Å². The van der Waals surface area contributed by atoms with Gasteiger partial charge in [0.1, 0.15) is 21.7 Å². The number of carbonyl (C=O) groups is 1. The lowest BCUT2D eigenvalue weighted by Gasteiger charge is -2.21.